The highest BCUT2D eigenvalue weighted by molar-refractivity contribution is 7.12. The molecule has 1 aromatic rings. The second kappa shape index (κ2) is 7.42. The third kappa shape index (κ3) is 3.57. The number of hydrogen-bond acceptors (Lipinski definition) is 5. The summed E-state index contributed by atoms with van der Waals surface area (Å²) in [4.78, 5) is 29.4. The van der Waals surface area contributed by atoms with E-state index in [4.69, 9.17) is 9.47 Å². The van der Waals surface area contributed by atoms with Crippen LogP contribution in [0, 0.1) is 0 Å². The van der Waals surface area contributed by atoms with Gasteiger partial charge in [0.05, 0.1) is 11.5 Å². The molecule has 1 unspecified atom stereocenters. The van der Waals surface area contributed by atoms with E-state index >= 15 is 0 Å². The Bertz CT molecular complexity index is 560. The molecule has 1 aromatic heterocycles. The van der Waals surface area contributed by atoms with Crippen LogP contribution in [0.5, 0.6) is 0 Å². The summed E-state index contributed by atoms with van der Waals surface area (Å²) in [5.74, 6) is 0.113. The highest BCUT2D eigenvalue weighted by Gasteiger charge is 2.32. The first-order valence-electron chi connectivity index (χ1n) is 7.95. The first-order chi connectivity index (χ1) is 11.2. The van der Waals surface area contributed by atoms with Gasteiger partial charge in [-0.2, -0.15) is 0 Å². The number of carbonyl (C=O) groups is 2. The molecule has 6 nitrogen and oxygen atoms in total. The van der Waals surface area contributed by atoms with E-state index < -0.39 is 0 Å². The molecule has 0 radical (unpaired) electrons. The van der Waals surface area contributed by atoms with Crippen LogP contribution in [0.25, 0.3) is 0 Å². The van der Waals surface area contributed by atoms with Crippen LogP contribution in [0.4, 0.5) is 0 Å². The Morgan fingerprint density at radius 2 is 2.04 bits per heavy atom. The molecule has 126 valence electrons. The topological polar surface area (TPSA) is 59.1 Å². The zero-order chi connectivity index (χ0) is 16.2. The number of carbonyl (C=O) groups excluding carboxylic acids is 2. The fraction of sp³-hybridized carbons (Fsp3) is 0.625. The van der Waals surface area contributed by atoms with Crippen LogP contribution in [0.3, 0.4) is 0 Å². The maximum atomic E-state index is 12.6. The van der Waals surface area contributed by atoms with Crippen molar-refractivity contribution in [2.75, 3.05) is 39.9 Å². The molecule has 2 fully saturated rings. The maximum absolute atomic E-state index is 12.6. The minimum absolute atomic E-state index is 0.0382. The van der Waals surface area contributed by atoms with Gasteiger partial charge in [0.25, 0.3) is 11.8 Å². The van der Waals surface area contributed by atoms with Gasteiger partial charge in [0.2, 0.25) is 0 Å². The smallest absolute Gasteiger partial charge is 0.264 e. The quantitative estimate of drug-likeness (QED) is 0.832. The Morgan fingerprint density at radius 1 is 1.30 bits per heavy atom. The molecular formula is C16H22N2O4S. The van der Waals surface area contributed by atoms with Crippen molar-refractivity contribution in [2.45, 2.75) is 25.6 Å². The first-order valence-corrected chi connectivity index (χ1v) is 8.83. The Morgan fingerprint density at radius 3 is 2.70 bits per heavy atom. The number of hydrogen-bond donors (Lipinski definition) is 0. The molecule has 3 rings (SSSR count). The second-order valence-corrected chi connectivity index (χ2v) is 6.74. The standard InChI is InChI=1S/C16H22N2O4S/c1-21-11-12-4-10-23-14(12)16(20)18-7-5-17(6-8-18)15(19)13-3-2-9-22-13/h4,10,13H,2-3,5-9,11H2,1H3. The molecule has 2 aliphatic rings. The summed E-state index contributed by atoms with van der Waals surface area (Å²) >= 11 is 1.45. The number of nitrogens with zero attached hydrogens (tertiary/aromatic N) is 2. The van der Waals surface area contributed by atoms with E-state index in [-0.39, 0.29) is 17.9 Å². The van der Waals surface area contributed by atoms with Crippen LogP contribution in [0.15, 0.2) is 11.4 Å². The maximum Gasteiger partial charge on any atom is 0.264 e. The van der Waals surface area contributed by atoms with Crippen LogP contribution < -0.4 is 0 Å². The average Bonchev–Trinajstić information content (AvgIpc) is 3.26. The van der Waals surface area contributed by atoms with Crippen molar-refractivity contribution < 1.29 is 19.1 Å². The van der Waals surface area contributed by atoms with Gasteiger partial charge in [0, 0.05) is 45.5 Å². The highest BCUT2D eigenvalue weighted by Crippen LogP contribution is 2.21. The number of thiophene rings is 1. The van der Waals surface area contributed by atoms with Crippen LogP contribution in [0.2, 0.25) is 0 Å². The van der Waals surface area contributed by atoms with E-state index in [1.165, 1.54) is 11.3 Å². The van der Waals surface area contributed by atoms with Crippen molar-refractivity contribution >= 4 is 23.2 Å². The highest BCUT2D eigenvalue weighted by atomic mass is 32.1. The van der Waals surface area contributed by atoms with E-state index in [9.17, 15) is 9.59 Å². The predicted molar refractivity (Wildman–Crippen MR) is 86.5 cm³/mol. The first kappa shape index (κ1) is 16.4. The largest absolute Gasteiger partial charge is 0.380 e. The summed E-state index contributed by atoms with van der Waals surface area (Å²) in [6.07, 6.45) is 1.49. The third-order valence-corrected chi connectivity index (χ3v) is 5.27. The van der Waals surface area contributed by atoms with Gasteiger partial charge in [0.1, 0.15) is 6.10 Å². The van der Waals surface area contributed by atoms with E-state index in [0.717, 1.165) is 23.3 Å². The van der Waals surface area contributed by atoms with Crippen molar-refractivity contribution in [3.05, 3.63) is 21.9 Å². The van der Waals surface area contributed by atoms with Crippen molar-refractivity contribution in [1.29, 1.82) is 0 Å². The van der Waals surface area contributed by atoms with Crippen molar-refractivity contribution in [1.82, 2.24) is 9.80 Å². The predicted octanol–water partition coefficient (Wildman–Crippen LogP) is 1.36. The third-order valence-electron chi connectivity index (χ3n) is 4.32. The molecule has 0 aromatic carbocycles. The number of piperazine rings is 1. The minimum atomic E-state index is -0.275. The van der Waals surface area contributed by atoms with Gasteiger partial charge in [-0.1, -0.05) is 0 Å². The molecule has 0 aliphatic carbocycles. The van der Waals surface area contributed by atoms with Gasteiger partial charge in [-0.25, -0.2) is 0 Å². The van der Waals surface area contributed by atoms with E-state index in [1.807, 2.05) is 21.2 Å². The molecule has 0 N–H and O–H groups in total. The summed E-state index contributed by atoms with van der Waals surface area (Å²) in [5.41, 5.74) is 0.931. The Labute approximate surface area is 140 Å². The molecular weight excluding hydrogens is 316 g/mol. The average molecular weight is 338 g/mol. The number of rotatable bonds is 4. The molecule has 2 saturated heterocycles. The molecule has 0 bridgehead atoms. The molecule has 2 amide bonds. The lowest BCUT2D eigenvalue weighted by molar-refractivity contribution is -0.142. The van der Waals surface area contributed by atoms with E-state index in [2.05, 4.69) is 0 Å². The monoisotopic (exact) mass is 338 g/mol. The van der Waals surface area contributed by atoms with Gasteiger partial charge >= 0.3 is 0 Å². The molecule has 0 saturated carbocycles. The van der Waals surface area contributed by atoms with Gasteiger partial charge < -0.3 is 19.3 Å². The number of ether oxygens (including phenoxy) is 2. The Balaban J connectivity index is 1.56. The number of amides is 2. The van der Waals surface area contributed by atoms with E-state index in [1.54, 1.807) is 7.11 Å². The van der Waals surface area contributed by atoms with Gasteiger partial charge in [-0.05, 0) is 24.3 Å². The normalized spacial score (nSPS) is 21.7. The minimum Gasteiger partial charge on any atom is -0.380 e. The van der Waals surface area contributed by atoms with Gasteiger partial charge in [-0.3, -0.25) is 9.59 Å². The van der Waals surface area contributed by atoms with Crippen LogP contribution in [0.1, 0.15) is 28.1 Å². The zero-order valence-corrected chi connectivity index (χ0v) is 14.1. The molecule has 7 heteroatoms. The van der Waals surface area contributed by atoms with Crippen molar-refractivity contribution in [2.24, 2.45) is 0 Å². The Kier molecular flexibility index (Phi) is 5.30. The van der Waals surface area contributed by atoms with Gasteiger partial charge in [-0.15, -0.1) is 11.3 Å². The second-order valence-electron chi connectivity index (χ2n) is 5.83. The van der Waals surface area contributed by atoms with Crippen molar-refractivity contribution in [3.63, 3.8) is 0 Å². The molecule has 2 aliphatic heterocycles. The zero-order valence-electron chi connectivity index (χ0n) is 13.3. The summed E-state index contributed by atoms with van der Waals surface area (Å²) < 4.78 is 10.6. The lowest BCUT2D eigenvalue weighted by Crippen LogP contribution is -2.52. The van der Waals surface area contributed by atoms with Crippen LogP contribution in [-0.2, 0) is 20.9 Å². The van der Waals surface area contributed by atoms with Crippen LogP contribution in [-0.4, -0.2) is 67.6 Å². The SMILES string of the molecule is COCc1ccsc1C(=O)N1CCN(C(=O)C2CCCO2)CC1. The fourth-order valence-electron chi connectivity index (χ4n) is 3.04. The molecule has 23 heavy (non-hydrogen) atoms. The summed E-state index contributed by atoms with van der Waals surface area (Å²) in [7, 11) is 1.63. The fourth-order valence-corrected chi connectivity index (χ4v) is 3.92. The summed E-state index contributed by atoms with van der Waals surface area (Å²) in [6, 6.07) is 1.93. The number of methoxy groups -OCH3 is 1. The summed E-state index contributed by atoms with van der Waals surface area (Å²) in [6.45, 7) is 3.42. The summed E-state index contributed by atoms with van der Waals surface area (Å²) in [5, 5.41) is 1.92. The lowest BCUT2D eigenvalue weighted by Gasteiger charge is -2.35. The molecule has 1 atom stereocenters. The van der Waals surface area contributed by atoms with Gasteiger partial charge in [0.15, 0.2) is 0 Å². The van der Waals surface area contributed by atoms with Crippen LogP contribution >= 0.6 is 11.3 Å². The van der Waals surface area contributed by atoms with E-state index in [0.29, 0.717) is 39.4 Å². The molecule has 0 spiro atoms. The van der Waals surface area contributed by atoms with Crippen molar-refractivity contribution in [3.8, 4) is 0 Å². The lowest BCUT2D eigenvalue weighted by atomic mass is 10.2. The molecule has 3 heterocycles. The Hall–Kier alpha value is -1.44.